The monoisotopic (exact) mass is 619 g/mol. The van der Waals surface area contributed by atoms with Crippen LogP contribution in [0.3, 0.4) is 0 Å². The lowest BCUT2D eigenvalue weighted by atomic mass is 9.96. The second kappa shape index (κ2) is 13.9. The number of hydrogen-bond donors (Lipinski definition) is 1. The van der Waals surface area contributed by atoms with E-state index in [9.17, 15) is 15.2 Å². The van der Waals surface area contributed by atoms with Gasteiger partial charge in [0.15, 0.2) is 11.5 Å². The highest BCUT2D eigenvalue weighted by Gasteiger charge is 2.29. The van der Waals surface area contributed by atoms with Gasteiger partial charge in [0.2, 0.25) is 0 Å². The van der Waals surface area contributed by atoms with Crippen LogP contribution in [0.15, 0.2) is 67.0 Å². The molecule has 0 saturated carbocycles. The van der Waals surface area contributed by atoms with E-state index >= 15 is 0 Å². The minimum absolute atomic E-state index is 0.205. The molecule has 0 aliphatic carbocycles. The molecule has 46 heavy (non-hydrogen) atoms. The molecular weight excluding hydrogens is 582 g/mol. The predicted molar refractivity (Wildman–Crippen MR) is 172 cm³/mol. The number of nitrogens with zero attached hydrogens (tertiary/aromatic N) is 3. The van der Waals surface area contributed by atoms with Gasteiger partial charge < -0.3 is 24.1 Å². The minimum atomic E-state index is -0.799. The average molecular weight is 620 g/mol. The summed E-state index contributed by atoms with van der Waals surface area (Å²) in [7, 11) is 0. The third-order valence-electron chi connectivity index (χ3n) is 8.63. The van der Waals surface area contributed by atoms with Crippen molar-refractivity contribution in [3.8, 4) is 40.2 Å². The van der Waals surface area contributed by atoms with Crippen molar-refractivity contribution in [3.05, 3.63) is 100 Å². The van der Waals surface area contributed by atoms with Crippen molar-refractivity contribution in [2.45, 2.75) is 58.9 Å². The Morgan fingerprint density at radius 3 is 2.63 bits per heavy atom. The number of likely N-dealkylation sites (tertiary alicyclic amines) is 1. The van der Waals surface area contributed by atoms with Crippen molar-refractivity contribution in [1.29, 1.82) is 5.26 Å². The molecule has 0 spiro atoms. The summed E-state index contributed by atoms with van der Waals surface area (Å²) in [6, 6.07) is 19.5. The van der Waals surface area contributed by atoms with E-state index < -0.39 is 12.0 Å². The second-order valence-electron chi connectivity index (χ2n) is 11.8. The van der Waals surface area contributed by atoms with Crippen LogP contribution in [-0.2, 0) is 24.6 Å². The number of pyridine rings is 1. The van der Waals surface area contributed by atoms with Crippen LogP contribution in [0.25, 0.3) is 11.1 Å². The van der Waals surface area contributed by atoms with Crippen LogP contribution < -0.4 is 18.9 Å². The van der Waals surface area contributed by atoms with Crippen molar-refractivity contribution in [2.24, 2.45) is 0 Å². The van der Waals surface area contributed by atoms with E-state index in [2.05, 4.69) is 30.1 Å². The molecule has 1 aromatic heterocycles. The molecule has 2 aliphatic heterocycles. The molecule has 0 unspecified atom stereocenters. The van der Waals surface area contributed by atoms with Gasteiger partial charge in [-0.1, -0.05) is 30.7 Å². The maximum atomic E-state index is 12.0. The van der Waals surface area contributed by atoms with Gasteiger partial charge in [0.05, 0.1) is 5.56 Å². The molecule has 2 aliphatic rings. The molecule has 0 amide bonds. The van der Waals surface area contributed by atoms with Gasteiger partial charge in [-0.25, -0.2) is 0 Å². The van der Waals surface area contributed by atoms with Crippen LogP contribution >= 0.6 is 0 Å². The van der Waals surface area contributed by atoms with E-state index in [1.54, 1.807) is 12.3 Å². The summed E-state index contributed by atoms with van der Waals surface area (Å²) in [6.07, 6.45) is 5.68. The Balaban J connectivity index is 1.25. The van der Waals surface area contributed by atoms with Crippen LogP contribution in [0.1, 0.15) is 52.6 Å². The molecule has 1 N–H and O–H groups in total. The normalized spacial score (nSPS) is 16.0. The number of benzene rings is 3. The fourth-order valence-corrected chi connectivity index (χ4v) is 6.13. The number of nitriles is 1. The number of ether oxygens (including phenoxy) is 4. The predicted octanol–water partition coefficient (Wildman–Crippen LogP) is 6.61. The van der Waals surface area contributed by atoms with E-state index in [4.69, 9.17) is 18.9 Å². The summed E-state index contributed by atoms with van der Waals surface area (Å²) in [5, 5.41) is 19.2. The summed E-state index contributed by atoms with van der Waals surface area (Å²) in [5.74, 6) is 2.01. The third kappa shape index (κ3) is 6.93. The number of rotatable bonds is 10. The molecule has 1 fully saturated rings. The molecule has 1 atom stereocenters. The number of aryl methyl sites for hydroxylation is 1. The van der Waals surface area contributed by atoms with Crippen molar-refractivity contribution < 1.29 is 28.8 Å². The highest BCUT2D eigenvalue weighted by atomic mass is 16.6. The second-order valence-corrected chi connectivity index (χ2v) is 11.8. The number of aliphatic carboxylic acids is 1. The van der Waals surface area contributed by atoms with E-state index in [0.717, 1.165) is 63.3 Å². The zero-order valence-corrected chi connectivity index (χ0v) is 26.1. The van der Waals surface area contributed by atoms with Gasteiger partial charge >= 0.3 is 5.97 Å². The highest BCUT2D eigenvalue weighted by Crippen LogP contribution is 2.37. The Hall–Kier alpha value is -5.07. The van der Waals surface area contributed by atoms with Crippen LogP contribution in [0.4, 0.5) is 0 Å². The fraction of sp³-hybridized carbons (Fsp3) is 0.324. The first kappa shape index (κ1) is 30.9. The first-order valence-electron chi connectivity index (χ1n) is 15.6. The van der Waals surface area contributed by atoms with E-state index in [0.29, 0.717) is 56.4 Å². The lowest BCUT2D eigenvalue weighted by Gasteiger charge is -2.33. The van der Waals surface area contributed by atoms with E-state index in [1.165, 1.54) is 6.20 Å². The fourth-order valence-electron chi connectivity index (χ4n) is 6.13. The smallest absolute Gasteiger partial charge is 0.320 e. The number of fused-ring (bicyclic) bond motifs is 1. The number of hydrogen-bond acceptors (Lipinski definition) is 8. The quantitative estimate of drug-likeness (QED) is 0.210. The molecule has 9 heteroatoms. The molecule has 0 radical (unpaired) electrons. The number of aromatic nitrogens is 1. The van der Waals surface area contributed by atoms with Gasteiger partial charge in [-0.3, -0.25) is 14.7 Å². The van der Waals surface area contributed by atoms with Crippen LogP contribution in [-0.4, -0.2) is 46.8 Å². The molecule has 3 heterocycles. The first-order chi connectivity index (χ1) is 22.4. The summed E-state index contributed by atoms with van der Waals surface area (Å²) in [4.78, 5) is 18.2. The van der Waals surface area contributed by atoms with Crippen LogP contribution in [0.2, 0.25) is 0 Å². The minimum Gasteiger partial charge on any atom is -0.488 e. The summed E-state index contributed by atoms with van der Waals surface area (Å²) < 4.78 is 24.3. The maximum absolute atomic E-state index is 12.0. The van der Waals surface area contributed by atoms with Crippen molar-refractivity contribution in [1.82, 2.24) is 9.88 Å². The van der Waals surface area contributed by atoms with Crippen molar-refractivity contribution >= 4 is 5.97 Å². The molecule has 3 aromatic carbocycles. The Morgan fingerprint density at radius 2 is 1.80 bits per heavy atom. The Kier molecular flexibility index (Phi) is 9.36. The Labute approximate surface area is 268 Å². The lowest BCUT2D eigenvalue weighted by molar-refractivity contribution is -0.144. The first-order valence-corrected chi connectivity index (χ1v) is 15.6. The van der Waals surface area contributed by atoms with Gasteiger partial charge in [-0.05, 0) is 85.3 Å². The number of carbonyl (C=O) groups is 1. The summed E-state index contributed by atoms with van der Waals surface area (Å²) in [6.45, 7) is 6.89. The standard InChI is InChI=1S/C37H37N3O6/c1-24-14-30(21-40-11-4-3-8-32(40)37(41)42)35(45-22-27-15-26(18-38)19-39-20-27)17-34(24)46-23-29-6-5-7-31(25(29)2)28-9-10-33-36(16-28)44-13-12-43-33/h5-7,9-10,14-17,19-20,32H,3-4,8,11-13,21-23H2,1-2H3,(H,41,42)/t32-/m1/s1. The maximum Gasteiger partial charge on any atom is 0.320 e. The van der Waals surface area contributed by atoms with Gasteiger partial charge in [0.1, 0.15) is 50.0 Å². The van der Waals surface area contributed by atoms with E-state index in [-0.39, 0.29) is 6.61 Å². The van der Waals surface area contributed by atoms with Crippen molar-refractivity contribution in [3.63, 3.8) is 0 Å². The van der Waals surface area contributed by atoms with Crippen LogP contribution in [0, 0.1) is 25.2 Å². The number of carboxylic acid groups (broad SMARTS) is 1. The van der Waals surface area contributed by atoms with Gasteiger partial charge in [-0.2, -0.15) is 5.26 Å². The molecular formula is C37H37N3O6. The van der Waals surface area contributed by atoms with Crippen molar-refractivity contribution in [2.75, 3.05) is 19.8 Å². The zero-order chi connectivity index (χ0) is 32.0. The van der Waals surface area contributed by atoms with Gasteiger partial charge in [0.25, 0.3) is 0 Å². The largest absolute Gasteiger partial charge is 0.488 e. The summed E-state index contributed by atoms with van der Waals surface area (Å²) in [5.41, 5.74) is 7.35. The van der Waals surface area contributed by atoms with Gasteiger partial charge in [0, 0.05) is 36.1 Å². The number of carboxylic acids is 1. The highest BCUT2D eigenvalue weighted by molar-refractivity contribution is 5.73. The molecule has 1 saturated heterocycles. The Morgan fingerprint density at radius 1 is 0.978 bits per heavy atom. The SMILES string of the molecule is Cc1cc(CN2CCCC[C@@H]2C(=O)O)c(OCc2cncc(C#N)c2)cc1OCc1cccc(-c2ccc3c(c2)OCCO3)c1C. The average Bonchev–Trinajstić information content (AvgIpc) is 3.08. The zero-order valence-electron chi connectivity index (χ0n) is 26.1. The molecule has 6 rings (SSSR count). The molecule has 236 valence electrons. The van der Waals surface area contributed by atoms with Crippen LogP contribution in [0.5, 0.6) is 23.0 Å². The number of piperidine rings is 1. The molecule has 4 aromatic rings. The summed E-state index contributed by atoms with van der Waals surface area (Å²) >= 11 is 0. The van der Waals surface area contributed by atoms with Gasteiger partial charge in [-0.15, -0.1) is 0 Å². The molecule has 9 nitrogen and oxygen atoms in total. The Bertz CT molecular complexity index is 1780. The lowest BCUT2D eigenvalue weighted by Crippen LogP contribution is -2.44. The topological polar surface area (TPSA) is 114 Å². The molecule has 0 bridgehead atoms. The third-order valence-corrected chi connectivity index (χ3v) is 8.63. The van der Waals surface area contributed by atoms with E-state index in [1.807, 2.05) is 48.2 Å².